The van der Waals surface area contributed by atoms with E-state index in [1.807, 2.05) is 0 Å². The first kappa shape index (κ1) is 11.4. The van der Waals surface area contributed by atoms with Crippen LogP contribution in [0, 0.1) is 23.2 Å². The molecule has 1 fully saturated rings. The van der Waals surface area contributed by atoms with Crippen molar-refractivity contribution in [3.05, 3.63) is 0 Å². The first-order valence-electron chi connectivity index (χ1n) is 5.33. The van der Waals surface area contributed by atoms with Crippen molar-refractivity contribution in [3.8, 4) is 6.07 Å². The SMILES string of the molecule is CC(F)(F)C(C#N)C1CCCCCC1. The lowest BCUT2D eigenvalue weighted by atomic mass is 9.83. The maximum Gasteiger partial charge on any atom is 0.261 e. The Morgan fingerprint density at radius 3 is 2.07 bits per heavy atom. The fourth-order valence-electron chi connectivity index (χ4n) is 2.28. The summed E-state index contributed by atoms with van der Waals surface area (Å²) >= 11 is 0. The highest BCUT2D eigenvalue weighted by molar-refractivity contribution is 4.95. The number of hydrogen-bond acceptors (Lipinski definition) is 1. The van der Waals surface area contributed by atoms with Crippen LogP contribution in [0.15, 0.2) is 0 Å². The highest BCUT2D eigenvalue weighted by atomic mass is 19.3. The summed E-state index contributed by atoms with van der Waals surface area (Å²) in [6.07, 6.45) is 5.84. The van der Waals surface area contributed by atoms with E-state index in [4.69, 9.17) is 5.26 Å². The molecule has 0 aromatic rings. The van der Waals surface area contributed by atoms with E-state index < -0.39 is 11.8 Å². The van der Waals surface area contributed by atoms with Gasteiger partial charge in [-0.2, -0.15) is 5.26 Å². The molecule has 1 atom stereocenters. The fourth-order valence-corrected chi connectivity index (χ4v) is 2.28. The molecule has 0 radical (unpaired) electrons. The van der Waals surface area contributed by atoms with E-state index >= 15 is 0 Å². The van der Waals surface area contributed by atoms with Crippen LogP contribution in [0.3, 0.4) is 0 Å². The van der Waals surface area contributed by atoms with Gasteiger partial charge in [0.1, 0.15) is 5.92 Å². The van der Waals surface area contributed by atoms with E-state index in [2.05, 4.69) is 0 Å². The zero-order valence-corrected chi connectivity index (χ0v) is 8.60. The van der Waals surface area contributed by atoms with Gasteiger partial charge in [0.2, 0.25) is 0 Å². The van der Waals surface area contributed by atoms with Crippen LogP contribution < -0.4 is 0 Å². The van der Waals surface area contributed by atoms with Gasteiger partial charge >= 0.3 is 0 Å². The van der Waals surface area contributed by atoms with Gasteiger partial charge in [-0.3, -0.25) is 0 Å². The van der Waals surface area contributed by atoms with Crippen LogP contribution in [0.4, 0.5) is 8.78 Å². The molecule has 80 valence electrons. The molecule has 0 spiro atoms. The van der Waals surface area contributed by atoms with Gasteiger partial charge in [-0.25, -0.2) is 8.78 Å². The van der Waals surface area contributed by atoms with Crippen LogP contribution in [-0.2, 0) is 0 Å². The Hall–Kier alpha value is -0.650. The predicted octanol–water partition coefficient (Wildman–Crippen LogP) is 3.75. The van der Waals surface area contributed by atoms with Crippen LogP contribution in [0.2, 0.25) is 0 Å². The molecule has 0 aromatic carbocycles. The van der Waals surface area contributed by atoms with Crippen molar-refractivity contribution < 1.29 is 8.78 Å². The third kappa shape index (κ3) is 2.94. The minimum atomic E-state index is -2.84. The Morgan fingerprint density at radius 1 is 1.21 bits per heavy atom. The van der Waals surface area contributed by atoms with Gasteiger partial charge in [-0.05, 0) is 18.8 Å². The molecule has 0 N–H and O–H groups in total. The van der Waals surface area contributed by atoms with Crippen LogP contribution >= 0.6 is 0 Å². The molecule has 0 amide bonds. The summed E-state index contributed by atoms with van der Waals surface area (Å²) in [6.45, 7) is 0.867. The van der Waals surface area contributed by atoms with Gasteiger partial charge in [0.25, 0.3) is 5.92 Å². The van der Waals surface area contributed by atoms with Crippen LogP contribution in [-0.4, -0.2) is 5.92 Å². The summed E-state index contributed by atoms with van der Waals surface area (Å²) in [5.74, 6) is -4.02. The number of rotatable bonds is 2. The van der Waals surface area contributed by atoms with E-state index in [1.54, 1.807) is 6.07 Å². The molecule has 1 unspecified atom stereocenters. The minimum absolute atomic E-state index is 0.0949. The molecular weight excluding hydrogens is 184 g/mol. The van der Waals surface area contributed by atoms with Crippen molar-refractivity contribution in [1.82, 2.24) is 0 Å². The van der Waals surface area contributed by atoms with Gasteiger partial charge in [0.15, 0.2) is 0 Å². The standard InChI is InChI=1S/C11H17F2N/c1-11(12,13)10(8-14)9-6-4-2-3-5-7-9/h9-10H,2-7H2,1H3. The molecule has 3 heteroatoms. The zero-order chi connectivity index (χ0) is 10.6. The zero-order valence-electron chi connectivity index (χ0n) is 8.60. The molecule has 1 aliphatic carbocycles. The number of hydrogen-bond donors (Lipinski definition) is 0. The van der Waals surface area contributed by atoms with Gasteiger partial charge < -0.3 is 0 Å². The van der Waals surface area contributed by atoms with Crippen molar-refractivity contribution in [2.75, 3.05) is 0 Å². The van der Waals surface area contributed by atoms with Crippen LogP contribution in [0.5, 0.6) is 0 Å². The first-order chi connectivity index (χ1) is 6.55. The van der Waals surface area contributed by atoms with Crippen molar-refractivity contribution in [2.45, 2.75) is 51.4 Å². The van der Waals surface area contributed by atoms with Gasteiger partial charge in [0, 0.05) is 6.92 Å². The Kier molecular flexibility index (Phi) is 3.86. The lowest BCUT2D eigenvalue weighted by molar-refractivity contribution is -0.0414. The van der Waals surface area contributed by atoms with Crippen molar-refractivity contribution in [1.29, 1.82) is 5.26 Å². The van der Waals surface area contributed by atoms with Gasteiger partial charge in [-0.1, -0.05) is 25.7 Å². The summed E-state index contributed by atoms with van der Waals surface area (Å²) in [4.78, 5) is 0. The molecule has 1 aliphatic rings. The van der Waals surface area contributed by atoms with E-state index in [0.29, 0.717) is 0 Å². The van der Waals surface area contributed by atoms with E-state index in [0.717, 1.165) is 45.4 Å². The third-order valence-electron chi connectivity index (χ3n) is 3.06. The maximum atomic E-state index is 13.1. The second-order valence-electron chi connectivity index (χ2n) is 4.31. The number of nitrogens with zero attached hydrogens (tertiary/aromatic N) is 1. The number of halogens is 2. The molecule has 0 heterocycles. The predicted molar refractivity (Wildman–Crippen MR) is 50.9 cm³/mol. The molecule has 1 nitrogen and oxygen atoms in total. The molecule has 0 aromatic heterocycles. The topological polar surface area (TPSA) is 23.8 Å². The molecular formula is C11H17F2N. The van der Waals surface area contributed by atoms with Crippen molar-refractivity contribution in [2.24, 2.45) is 11.8 Å². The fraction of sp³-hybridized carbons (Fsp3) is 0.909. The Bertz CT molecular complexity index is 206. The lowest BCUT2D eigenvalue weighted by Gasteiger charge is -2.25. The normalized spacial score (nSPS) is 22.4. The Balaban J connectivity index is 2.64. The summed E-state index contributed by atoms with van der Waals surface area (Å²) in [5, 5.41) is 8.78. The van der Waals surface area contributed by atoms with E-state index in [1.165, 1.54) is 0 Å². The summed E-state index contributed by atoms with van der Waals surface area (Å²) in [5.41, 5.74) is 0. The Labute approximate surface area is 84.1 Å². The van der Waals surface area contributed by atoms with E-state index in [9.17, 15) is 8.78 Å². The largest absolute Gasteiger partial charge is 0.261 e. The second kappa shape index (κ2) is 4.72. The average Bonchev–Trinajstić information content (AvgIpc) is 2.31. The highest BCUT2D eigenvalue weighted by Crippen LogP contribution is 2.37. The van der Waals surface area contributed by atoms with Crippen molar-refractivity contribution in [3.63, 3.8) is 0 Å². The average molecular weight is 201 g/mol. The maximum absolute atomic E-state index is 13.1. The molecule has 0 bridgehead atoms. The van der Waals surface area contributed by atoms with Gasteiger partial charge in [-0.15, -0.1) is 0 Å². The summed E-state index contributed by atoms with van der Waals surface area (Å²) in [7, 11) is 0. The highest BCUT2D eigenvalue weighted by Gasteiger charge is 2.39. The summed E-state index contributed by atoms with van der Waals surface area (Å²) < 4.78 is 26.2. The van der Waals surface area contributed by atoms with Crippen molar-refractivity contribution >= 4 is 0 Å². The van der Waals surface area contributed by atoms with Crippen LogP contribution in [0.1, 0.15) is 45.4 Å². The van der Waals surface area contributed by atoms with E-state index in [-0.39, 0.29) is 5.92 Å². The molecule has 14 heavy (non-hydrogen) atoms. The summed E-state index contributed by atoms with van der Waals surface area (Å²) in [6, 6.07) is 1.79. The third-order valence-corrected chi connectivity index (χ3v) is 3.06. The van der Waals surface area contributed by atoms with Gasteiger partial charge in [0.05, 0.1) is 6.07 Å². The van der Waals surface area contributed by atoms with Crippen LogP contribution in [0.25, 0.3) is 0 Å². The monoisotopic (exact) mass is 201 g/mol. The molecule has 0 saturated heterocycles. The molecule has 0 aliphatic heterocycles. The minimum Gasteiger partial charge on any atom is -0.206 e. The Morgan fingerprint density at radius 2 is 1.71 bits per heavy atom. The quantitative estimate of drug-likeness (QED) is 0.624. The number of alkyl halides is 2. The smallest absolute Gasteiger partial charge is 0.206 e. The second-order valence-corrected chi connectivity index (χ2v) is 4.31. The first-order valence-corrected chi connectivity index (χ1v) is 5.33. The molecule has 1 saturated carbocycles. The lowest BCUT2D eigenvalue weighted by Crippen LogP contribution is -2.30. The molecule has 1 rings (SSSR count). The number of nitriles is 1.